The minimum absolute atomic E-state index is 0.246. The summed E-state index contributed by atoms with van der Waals surface area (Å²) in [5.41, 5.74) is 0. The van der Waals surface area contributed by atoms with Crippen molar-refractivity contribution in [1.82, 2.24) is 0 Å². The van der Waals surface area contributed by atoms with Crippen LogP contribution in [0.5, 0.6) is 0 Å². The monoisotopic (exact) mass is 698 g/mol. The maximum Gasteiger partial charge on any atom is 0.469 e. The number of phosphoric ester groups is 1. The summed E-state index contributed by atoms with van der Waals surface area (Å²) in [6.45, 7) is 3.55. The van der Waals surface area contributed by atoms with Crippen LogP contribution >= 0.6 is 7.82 Å². The lowest BCUT2D eigenvalue weighted by Gasteiger charge is -2.17. The average Bonchev–Trinajstić information content (AvgIpc) is 3.05. The average molecular weight is 699 g/mol. The van der Waals surface area contributed by atoms with E-state index in [-0.39, 0.29) is 13.0 Å². The summed E-state index contributed by atoms with van der Waals surface area (Å²) in [6.07, 6.45) is 40.7. The third-order valence-corrected chi connectivity index (χ3v) is 8.72. The van der Waals surface area contributed by atoms with Gasteiger partial charge in [0.15, 0.2) is 6.10 Å². The van der Waals surface area contributed by atoms with E-state index in [1.165, 1.54) is 128 Å². The fourth-order valence-electron chi connectivity index (χ4n) is 5.32. The highest BCUT2D eigenvalue weighted by molar-refractivity contribution is 7.46. The molecule has 9 heteroatoms. The van der Waals surface area contributed by atoms with E-state index in [1.54, 1.807) is 12.2 Å². The molecule has 0 aromatic heterocycles. The summed E-state index contributed by atoms with van der Waals surface area (Å²) in [5, 5.41) is 0. The molecule has 0 rings (SSSR count). The van der Waals surface area contributed by atoms with Crippen molar-refractivity contribution in [3.05, 3.63) is 36.5 Å². The van der Waals surface area contributed by atoms with Gasteiger partial charge in [0.25, 0.3) is 0 Å². The van der Waals surface area contributed by atoms with E-state index in [0.29, 0.717) is 6.42 Å². The first kappa shape index (κ1) is 46.3. The van der Waals surface area contributed by atoms with Crippen molar-refractivity contribution in [2.24, 2.45) is 0 Å². The topological polar surface area (TPSA) is 119 Å². The molecular formula is C39H71O8P. The van der Waals surface area contributed by atoms with Gasteiger partial charge in [-0.25, -0.2) is 9.36 Å². The first-order valence-corrected chi connectivity index (χ1v) is 20.9. The Bertz CT molecular complexity index is 879. The van der Waals surface area contributed by atoms with Crippen LogP contribution in [-0.2, 0) is 28.2 Å². The van der Waals surface area contributed by atoms with Crippen molar-refractivity contribution >= 4 is 19.8 Å². The predicted octanol–water partition coefficient (Wildman–Crippen LogP) is 11.4. The van der Waals surface area contributed by atoms with E-state index in [0.717, 1.165) is 32.1 Å². The van der Waals surface area contributed by atoms with E-state index in [1.807, 2.05) is 6.08 Å². The molecule has 8 nitrogen and oxygen atoms in total. The number of esters is 2. The molecular weight excluding hydrogens is 627 g/mol. The normalized spacial score (nSPS) is 12.8. The molecule has 0 aliphatic carbocycles. The molecule has 0 heterocycles. The van der Waals surface area contributed by atoms with Crippen LogP contribution in [0.4, 0.5) is 0 Å². The Hall–Kier alpha value is -1.73. The van der Waals surface area contributed by atoms with Crippen LogP contribution in [0.1, 0.15) is 181 Å². The summed E-state index contributed by atoms with van der Waals surface area (Å²) in [4.78, 5) is 42.6. The molecule has 0 amide bonds. The Morgan fingerprint density at radius 2 is 1.04 bits per heavy atom. The van der Waals surface area contributed by atoms with Crippen molar-refractivity contribution < 1.29 is 37.9 Å². The molecule has 0 aliphatic heterocycles. The number of hydrogen-bond donors (Lipinski definition) is 2. The molecule has 0 unspecified atom stereocenters. The first-order valence-electron chi connectivity index (χ1n) is 19.3. The molecule has 48 heavy (non-hydrogen) atoms. The Morgan fingerprint density at radius 1 is 0.583 bits per heavy atom. The Balaban J connectivity index is 4.05. The van der Waals surface area contributed by atoms with Crippen LogP contribution in [0.25, 0.3) is 0 Å². The van der Waals surface area contributed by atoms with Crippen molar-refractivity contribution in [3.8, 4) is 0 Å². The molecule has 280 valence electrons. The van der Waals surface area contributed by atoms with Crippen LogP contribution in [0, 0.1) is 0 Å². The van der Waals surface area contributed by atoms with E-state index in [4.69, 9.17) is 19.3 Å². The number of rotatable bonds is 35. The quantitative estimate of drug-likeness (QED) is 0.0168. The molecule has 0 radical (unpaired) electrons. The number of hydrogen-bond acceptors (Lipinski definition) is 6. The van der Waals surface area contributed by atoms with Crippen molar-refractivity contribution in [3.63, 3.8) is 0 Å². The molecule has 1 atom stereocenters. The van der Waals surface area contributed by atoms with Crippen LogP contribution in [0.15, 0.2) is 36.5 Å². The second-order valence-electron chi connectivity index (χ2n) is 13.0. The summed E-state index contributed by atoms with van der Waals surface area (Å²) < 4.78 is 26.1. The third kappa shape index (κ3) is 37.1. The molecule has 0 saturated carbocycles. The van der Waals surface area contributed by atoms with Gasteiger partial charge in [-0.2, -0.15) is 0 Å². The fourth-order valence-corrected chi connectivity index (χ4v) is 5.68. The number of unbranched alkanes of at least 4 members (excludes halogenated alkanes) is 22. The second-order valence-corrected chi connectivity index (χ2v) is 14.2. The largest absolute Gasteiger partial charge is 0.469 e. The van der Waals surface area contributed by atoms with Crippen molar-refractivity contribution in [1.29, 1.82) is 0 Å². The van der Waals surface area contributed by atoms with Crippen molar-refractivity contribution in [2.45, 2.75) is 187 Å². The van der Waals surface area contributed by atoms with E-state index in [2.05, 4.69) is 30.5 Å². The van der Waals surface area contributed by atoms with E-state index in [9.17, 15) is 14.2 Å². The number of carbonyl (C=O) groups excluding carboxylic acids is 2. The Labute approximate surface area is 293 Å². The third-order valence-electron chi connectivity index (χ3n) is 8.24. The lowest BCUT2D eigenvalue weighted by atomic mass is 10.1. The zero-order chi connectivity index (χ0) is 35.4. The molecule has 0 aromatic rings. The minimum Gasteiger partial charge on any atom is -0.462 e. The van der Waals surface area contributed by atoms with Crippen LogP contribution < -0.4 is 0 Å². The molecule has 0 aromatic carbocycles. The number of ether oxygens (including phenoxy) is 2. The van der Waals surface area contributed by atoms with Crippen molar-refractivity contribution in [2.75, 3.05) is 13.2 Å². The second kappa shape index (κ2) is 35.1. The van der Waals surface area contributed by atoms with E-state index >= 15 is 0 Å². The lowest BCUT2D eigenvalue weighted by Crippen LogP contribution is -2.29. The first-order chi connectivity index (χ1) is 23.3. The van der Waals surface area contributed by atoms with Gasteiger partial charge in [0.05, 0.1) is 6.61 Å². The van der Waals surface area contributed by atoms with E-state index < -0.39 is 32.5 Å². The summed E-state index contributed by atoms with van der Waals surface area (Å²) in [7, 11) is -4.77. The van der Waals surface area contributed by atoms with Gasteiger partial charge < -0.3 is 19.3 Å². The fraction of sp³-hybridized carbons (Fsp3) is 0.795. The van der Waals surface area contributed by atoms with Crippen LogP contribution in [0.2, 0.25) is 0 Å². The lowest BCUT2D eigenvalue weighted by molar-refractivity contribution is -0.157. The maximum absolute atomic E-state index is 12.2. The van der Waals surface area contributed by atoms with Gasteiger partial charge in [0.2, 0.25) is 0 Å². The number of carbonyl (C=O) groups is 2. The van der Waals surface area contributed by atoms with Gasteiger partial charge in [0.1, 0.15) is 6.61 Å². The smallest absolute Gasteiger partial charge is 0.462 e. The highest BCUT2D eigenvalue weighted by atomic mass is 31.2. The molecule has 0 aliphatic rings. The zero-order valence-corrected chi connectivity index (χ0v) is 31.5. The number of allylic oxidation sites excluding steroid dienone is 5. The van der Waals surface area contributed by atoms with Crippen LogP contribution in [0.3, 0.4) is 0 Å². The van der Waals surface area contributed by atoms with Gasteiger partial charge in [0, 0.05) is 12.5 Å². The summed E-state index contributed by atoms with van der Waals surface area (Å²) in [6, 6.07) is 0. The molecule has 0 saturated heterocycles. The highest BCUT2D eigenvalue weighted by Crippen LogP contribution is 2.35. The molecule has 2 N–H and O–H groups in total. The molecule has 0 fully saturated rings. The highest BCUT2D eigenvalue weighted by Gasteiger charge is 2.22. The standard InChI is InChI=1S/C39H71O8P/c1-3-5-7-9-11-13-15-17-19-21-23-25-27-29-31-33-38(40)45-35-37(36-46-48(42,43)44)47-39(41)34-32-30-28-26-24-22-20-18-16-14-12-10-8-6-4-2/h9,11,28,30,32,34,37H,3-8,10,12-27,29,31,33,35-36H2,1-2H3,(H2,42,43,44)/b11-9+,30-28+,34-32+/t37-/m1/s1. The van der Waals surface area contributed by atoms with Gasteiger partial charge >= 0.3 is 19.8 Å². The SMILES string of the molecule is CCCC/C=C/CCCCCCCCCCCC(=O)OC[C@H](COP(=O)(O)O)OC(=O)/C=C/C=C/CCCCCCCCCCCCC. The Morgan fingerprint density at radius 3 is 1.56 bits per heavy atom. The van der Waals surface area contributed by atoms with Crippen LogP contribution in [-0.4, -0.2) is 41.0 Å². The Kier molecular flexibility index (Phi) is 33.8. The predicted molar refractivity (Wildman–Crippen MR) is 198 cm³/mol. The van der Waals surface area contributed by atoms with Gasteiger partial charge in [-0.3, -0.25) is 9.32 Å². The molecule has 0 spiro atoms. The number of phosphoric acid groups is 1. The summed E-state index contributed by atoms with van der Waals surface area (Å²) in [5.74, 6) is -1.14. The molecule has 0 bridgehead atoms. The zero-order valence-electron chi connectivity index (χ0n) is 30.6. The minimum atomic E-state index is -4.77. The maximum atomic E-state index is 12.2. The van der Waals surface area contributed by atoms with Gasteiger partial charge in [-0.1, -0.05) is 166 Å². The summed E-state index contributed by atoms with van der Waals surface area (Å²) >= 11 is 0. The van der Waals surface area contributed by atoms with Gasteiger partial charge in [-0.05, 0) is 38.5 Å². The van der Waals surface area contributed by atoms with Gasteiger partial charge in [-0.15, -0.1) is 0 Å².